The van der Waals surface area contributed by atoms with E-state index in [-0.39, 0.29) is 11.1 Å². The van der Waals surface area contributed by atoms with E-state index < -0.39 is 5.82 Å². The summed E-state index contributed by atoms with van der Waals surface area (Å²) in [6, 6.07) is 4.16. The molecule has 0 saturated heterocycles. The smallest absolute Gasteiger partial charge is 0.298 e. The molecule has 0 amide bonds. The predicted octanol–water partition coefficient (Wildman–Crippen LogP) is 3.00. The Bertz CT molecular complexity index is 1150. The van der Waals surface area contributed by atoms with E-state index in [9.17, 15) is 9.18 Å². The van der Waals surface area contributed by atoms with Gasteiger partial charge in [-0.2, -0.15) is 0 Å². The Morgan fingerprint density at radius 1 is 1.45 bits per heavy atom. The van der Waals surface area contributed by atoms with Crippen LogP contribution in [0.5, 0.6) is 0 Å². The second kappa shape index (κ2) is 4.51. The molecule has 8 heteroatoms. The van der Waals surface area contributed by atoms with Crippen molar-refractivity contribution < 1.29 is 8.81 Å². The van der Waals surface area contributed by atoms with Crippen LogP contribution in [0.2, 0.25) is 0 Å². The van der Waals surface area contributed by atoms with Crippen LogP contribution in [0, 0.1) is 10.6 Å². The van der Waals surface area contributed by atoms with Crippen LogP contribution in [0.15, 0.2) is 27.4 Å². The second-order valence-electron chi connectivity index (χ2n) is 5.04. The van der Waals surface area contributed by atoms with Gasteiger partial charge in [-0.3, -0.25) is 9.36 Å². The Morgan fingerprint density at radius 2 is 2.27 bits per heavy atom. The lowest BCUT2D eigenvalue weighted by Crippen LogP contribution is -2.22. The van der Waals surface area contributed by atoms with Gasteiger partial charge in [-0.1, -0.05) is 6.92 Å². The Hall–Kier alpha value is -2.48. The summed E-state index contributed by atoms with van der Waals surface area (Å²) in [6.45, 7) is 2.45. The van der Waals surface area contributed by atoms with Crippen molar-refractivity contribution in [3.63, 3.8) is 0 Å². The first-order chi connectivity index (χ1) is 10.6. The van der Waals surface area contributed by atoms with E-state index in [1.807, 2.05) is 6.92 Å². The fourth-order valence-electron chi connectivity index (χ4n) is 2.73. The van der Waals surface area contributed by atoms with Crippen LogP contribution < -0.4 is 5.56 Å². The first-order valence-electron chi connectivity index (χ1n) is 6.83. The number of hydrogen-bond acceptors (Lipinski definition) is 4. The standard InChI is InChI=1S/C14H11FN4O2S/c1-2-5-18-12(20)11-10(19-13(18)16-17-14(19)22)8-4-3-7(15)6-9(8)21-11/h3-4,6H,2,5H2,1H3,(H,17,22). The quantitative estimate of drug-likeness (QED) is 0.577. The van der Waals surface area contributed by atoms with E-state index in [0.717, 1.165) is 6.42 Å². The van der Waals surface area contributed by atoms with Gasteiger partial charge in [0.25, 0.3) is 5.56 Å². The molecule has 0 spiro atoms. The number of hydrogen-bond donors (Lipinski definition) is 1. The maximum atomic E-state index is 13.4. The second-order valence-corrected chi connectivity index (χ2v) is 5.43. The third-order valence-corrected chi connectivity index (χ3v) is 3.91. The minimum atomic E-state index is -0.424. The third-order valence-electron chi connectivity index (χ3n) is 3.63. The number of benzene rings is 1. The molecule has 0 atom stereocenters. The van der Waals surface area contributed by atoms with Gasteiger partial charge in [-0.25, -0.2) is 13.9 Å². The SMILES string of the molecule is CCCn1c(=O)c2oc3cc(F)ccc3c2n2c(=S)[nH]nc12. The lowest BCUT2D eigenvalue weighted by molar-refractivity contribution is 0.608. The molecule has 3 heterocycles. The first-order valence-corrected chi connectivity index (χ1v) is 7.24. The molecule has 112 valence electrons. The Labute approximate surface area is 127 Å². The summed E-state index contributed by atoms with van der Waals surface area (Å²) in [5, 5.41) is 7.47. The van der Waals surface area contributed by atoms with Crippen molar-refractivity contribution in [1.29, 1.82) is 0 Å². The molecule has 0 aliphatic carbocycles. The molecule has 3 aromatic heterocycles. The average molecular weight is 318 g/mol. The molecule has 4 rings (SSSR count). The monoisotopic (exact) mass is 318 g/mol. The number of nitrogens with one attached hydrogen (secondary N) is 1. The van der Waals surface area contributed by atoms with Crippen LogP contribution in [0.3, 0.4) is 0 Å². The summed E-state index contributed by atoms with van der Waals surface area (Å²) >= 11 is 5.27. The van der Waals surface area contributed by atoms with E-state index in [4.69, 9.17) is 16.6 Å². The zero-order valence-corrected chi connectivity index (χ0v) is 12.4. The lowest BCUT2D eigenvalue weighted by atomic mass is 10.2. The van der Waals surface area contributed by atoms with Crippen molar-refractivity contribution in [2.75, 3.05) is 0 Å². The van der Waals surface area contributed by atoms with Crippen molar-refractivity contribution in [3.05, 3.63) is 39.1 Å². The number of halogens is 1. The molecule has 0 bridgehead atoms. The predicted molar refractivity (Wildman–Crippen MR) is 82.2 cm³/mol. The van der Waals surface area contributed by atoms with Gasteiger partial charge in [-0.05, 0) is 30.8 Å². The van der Waals surface area contributed by atoms with Crippen LogP contribution >= 0.6 is 12.2 Å². The molecular weight excluding hydrogens is 307 g/mol. The summed E-state index contributed by atoms with van der Waals surface area (Å²) in [5.74, 6) is 0.00356. The number of rotatable bonds is 2. The highest BCUT2D eigenvalue weighted by molar-refractivity contribution is 7.71. The van der Waals surface area contributed by atoms with Crippen molar-refractivity contribution in [3.8, 4) is 0 Å². The molecule has 0 unspecified atom stereocenters. The van der Waals surface area contributed by atoms with Gasteiger partial charge in [0, 0.05) is 18.0 Å². The molecule has 0 saturated carbocycles. The maximum Gasteiger partial charge on any atom is 0.298 e. The summed E-state index contributed by atoms with van der Waals surface area (Å²) in [5.41, 5.74) is 0.681. The topological polar surface area (TPSA) is 68.2 Å². The number of aryl methyl sites for hydroxylation is 1. The molecule has 22 heavy (non-hydrogen) atoms. The molecular formula is C14H11FN4O2S. The van der Waals surface area contributed by atoms with Gasteiger partial charge >= 0.3 is 0 Å². The lowest BCUT2D eigenvalue weighted by Gasteiger charge is -2.05. The molecule has 0 radical (unpaired) electrons. The fourth-order valence-corrected chi connectivity index (χ4v) is 2.95. The number of fused-ring (bicyclic) bond motifs is 5. The minimum Gasteiger partial charge on any atom is -0.448 e. The van der Waals surface area contributed by atoms with E-state index in [0.29, 0.717) is 33.6 Å². The number of aromatic amines is 1. The molecule has 0 fully saturated rings. The minimum absolute atomic E-state index is 0.152. The molecule has 1 aromatic carbocycles. The average Bonchev–Trinajstić information content (AvgIpc) is 3.04. The zero-order valence-electron chi connectivity index (χ0n) is 11.6. The summed E-state index contributed by atoms with van der Waals surface area (Å²) in [4.78, 5) is 12.7. The summed E-state index contributed by atoms with van der Waals surface area (Å²) in [7, 11) is 0. The van der Waals surface area contributed by atoms with E-state index >= 15 is 0 Å². The number of furan rings is 1. The number of H-pyrrole nitrogens is 1. The van der Waals surface area contributed by atoms with E-state index in [1.54, 1.807) is 10.5 Å². The molecule has 0 aliphatic heterocycles. The first kappa shape index (κ1) is 13.2. The highest BCUT2D eigenvalue weighted by Crippen LogP contribution is 2.27. The summed E-state index contributed by atoms with van der Waals surface area (Å²) in [6.07, 6.45) is 0.759. The Kier molecular flexibility index (Phi) is 2.70. The maximum absolute atomic E-state index is 13.4. The van der Waals surface area contributed by atoms with Crippen LogP contribution in [0.4, 0.5) is 4.39 Å². The number of aromatic nitrogens is 4. The van der Waals surface area contributed by atoms with Crippen LogP contribution in [0.1, 0.15) is 13.3 Å². The molecule has 1 N–H and O–H groups in total. The van der Waals surface area contributed by atoms with Crippen molar-refractivity contribution >= 4 is 40.1 Å². The van der Waals surface area contributed by atoms with Gasteiger partial charge in [-0.15, -0.1) is 5.10 Å². The number of nitrogens with zero attached hydrogens (tertiary/aromatic N) is 3. The van der Waals surface area contributed by atoms with Gasteiger partial charge in [0.1, 0.15) is 16.9 Å². The largest absolute Gasteiger partial charge is 0.448 e. The van der Waals surface area contributed by atoms with Crippen LogP contribution in [-0.4, -0.2) is 19.2 Å². The van der Waals surface area contributed by atoms with Gasteiger partial charge in [0.15, 0.2) is 0 Å². The van der Waals surface area contributed by atoms with Crippen LogP contribution in [0.25, 0.3) is 27.8 Å². The molecule has 4 aromatic rings. The Balaban J connectivity index is 2.35. The molecule has 6 nitrogen and oxygen atoms in total. The van der Waals surface area contributed by atoms with Crippen molar-refractivity contribution in [1.82, 2.24) is 19.2 Å². The summed E-state index contributed by atoms with van der Waals surface area (Å²) < 4.78 is 22.5. The third kappa shape index (κ3) is 1.61. The van der Waals surface area contributed by atoms with Gasteiger partial charge in [0.2, 0.25) is 16.1 Å². The highest BCUT2D eigenvalue weighted by Gasteiger charge is 2.19. The highest BCUT2D eigenvalue weighted by atomic mass is 32.1. The Morgan fingerprint density at radius 3 is 3.05 bits per heavy atom. The van der Waals surface area contributed by atoms with E-state index in [1.165, 1.54) is 16.7 Å². The molecule has 0 aliphatic rings. The van der Waals surface area contributed by atoms with Crippen molar-refractivity contribution in [2.24, 2.45) is 0 Å². The van der Waals surface area contributed by atoms with Gasteiger partial charge < -0.3 is 4.42 Å². The van der Waals surface area contributed by atoms with Crippen molar-refractivity contribution in [2.45, 2.75) is 19.9 Å². The van der Waals surface area contributed by atoms with Crippen LogP contribution in [-0.2, 0) is 6.54 Å². The van der Waals surface area contributed by atoms with E-state index in [2.05, 4.69) is 10.2 Å². The zero-order chi connectivity index (χ0) is 15.4. The van der Waals surface area contributed by atoms with Gasteiger partial charge in [0.05, 0.1) is 0 Å². The normalized spacial score (nSPS) is 11.9. The fraction of sp³-hybridized carbons (Fsp3) is 0.214.